The summed E-state index contributed by atoms with van der Waals surface area (Å²) in [7, 11) is 0. The van der Waals surface area contributed by atoms with Crippen LogP contribution in [-0.4, -0.2) is 24.4 Å². The molecule has 6 heteroatoms. The lowest BCUT2D eigenvalue weighted by atomic mass is 10.0. The second-order valence-corrected chi connectivity index (χ2v) is 2.84. The Morgan fingerprint density at radius 2 is 2.06 bits per heavy atom. The van der Waals surface area contributed by atoms with Gasteiger partial charge in [-0.25, -0.2) is 11.4 Å². The maximum atomic E-state index is 11.5. The molecule has 17 heavy (non-hydrogen) atoms. The standard InChI is InChI=1S/C11H9N3O3/c1-4-17-11(16)10(7(2)15)8(5-12)9(6-13)14-3/h9H,4H2,1-2H3. The molecule has 6 nitrogen and oxygen atoms in total. The molecule has 0 radical (unpaired) electrons. The van der Waals surface area contributed by atoms with E-state index in [4.69, 9.17) is 17.1 Å². The fourth-order valence-electron chi connectivity index (χ4n) is 1.06. The molecular weight excluding hydrogens is 222 g/mol. The van der Waals surface area contributed by atoms with Crippen LogP contribution in [-0.2, 0) is 14.3 Å². The number of hydrogen-bond acceptors (Lipinski definition) is 5. The van der Waals surface area contributed by atoms with Crippen LogP contribution < -0.4 is 0 Å². The zero-order chi connectivity index (χ0) is 13.4. The molecule has 0 aliphatic heterocycles. The highest BCUT2D eigenvalue weighted by Crippen LogP contribution is 2.14. The smallest absolute Gasteiger partial charge is 0.343 e. The maximum Gasteiger partial charge on any atom is 0.343 e. The van der Waals surface area contributed by atoms with Crippen LogP contribution in [0.25, 0.3) is 4.85 Å². The van der Waals surface area contributed by atoms with Gasteiger partial charge in [0.2, 0.25) is 0 Å². The van der Waals surface area contributed by atoms with Gasteiger partial charge in [0.15, 0.2) is 11.9 Å². The van der Waals surface area contributed by atoms with E-state index in [-0.39, 0.29) is 6.61 Å². The summed E-state index contributed by atoms with van der Waals surface area (Å²) < 4.78 is 4.61. The van der Waals surface area contributed by atoms with Crippen molar-refractivity contribution in [3.05, 3.63) is 22.6 Å². The Kier molecular flexibility index (Phi) is 5.71. The second-order valence-electron chi connectivity index (χ2n) is 2.84. The van der Waals surface area contributed by atoms with Crippen molar-refractivity contribution in [1.82, 2.24) is 0 Å². The number of ether oxygens (including phenoxy) is 1. The van der Waals surface area contributed by atoms with E-state index in [2.05, 4.69) is 9.58 Å². The molecule has 0 aliphatic rings. The lowest BCUT2D eigenvalue weighted by Crippen LogP contribution is -2.19. The third kappa shape index (κ3) is 3.44. The summed E-state index contributed by atoms with van der Waals surface area (Å²) in [5, 5.41) is 17.5. The first kappa shape index (κ1) is 14.3. The van der Waals surface area contributed by atoms with Gasteiger partial charge in [-0.2, -0.15) is 10.5 Å². The van der Waals surface area contributed by atoms with E-state index >= 15 is 0 Å². The molecule has 0 heterocycles. The average molecular weight is 231 g/mol. The van der Waals surface area contributed by atoms with Crippen LogP contribution in [0.2, 0.25) is 0 Å². The molecule has 0 saturated carbocycles. The molecule has 1 unspecified atom stereocenters. The number of carbonyl (C=O) groups excluding carboxylic acids is 2. The fraction of sp³-hybridized carbons (Fsp3) is 0.364. The SMILES string of the molecule is [C-]#[N+]C(C#N)C(C#N)=C(C(C)=O)C(=O)OCC. The molecule has 0 aromatic carbocycles. The number of esters is 1. The van der Waals surface area contributed by atoms with E-state index < -0.39 is 28.9 Å². The minimum Gasteiger partial charge on any atom is -0.462 e. The van der Waals surface area contributed by atoms with E-state index in [0.717, 1.165) is 6.92 Å². The zero-order valence-corrected chi connectivity index (χ0v) is 9.35. The van der Waals surface area contributed by atoms with Crippen LogP contribution in [0, 0.1) is 29.2 Å². The molecule has 0 saturated heterocycles. The molecule has 0 aliphatic carbocycles. The molecule has 1 atom stereocenters. The van der Waals surface area contributed by atoms with Gasteiger partial charge in [0.25, 0.3) is 0 Å². The predicted octanol–water partition coefficient (Wildman–Crippen LogP) is 0.770. The van der Waals surface area contributed by atoms with Crippen LogP contribution in [0.1, 0.15) is 13.8 Å². The minimum atomic E-state index is -1.47. The topological polar surface area (TPSA) is 95.3 Å². The normalized spacial score (nSPS) is 12.2. The highest BCUT2D eigenvalue weighted by Gasteiger charge is 2.30. The third-order valence-electron chi connectivity index (χ3n) is 1.75. The summed E-state index contributed by atoms with van der Waals surface area (Å²) in [6.07, 6.45) is 0. The van der Waals surface area contributed by atoms with Crippen molar-refractivity contribution in [2.24, 2.45) is 0 Å². The van der Waals surface area contributed by atoms with E-state index in [1.807, 2.05) is 0 Å². The van der Waals surface area contributed by atoms with Gasteiger partial charge in [-0.3, -0.25) is 9.64 Å². The van der Waals surface area contributed by atoms with Crippen LogP contribution in [0.15, 0.2) is 11.1 Å². The quantitative estimate of drug-likeness (QED) is 0.178. The summed E-state index contributed by atoms with van der Waals surface area (Å²) in [6, 6.07) is 1.62. The predicted molar refractivity (Wildman–Crippen MR) is 56.0 cm³/mol. The Labute approximate surface area is 98.5 Å². The average Bonchev–Trinajstić information content (AvgIpc) is 2.28. The number of carbonyl (C=O) groups is 2. The third-order valence-corrected chi connectivity index (χ3v) is 1.75. The molecule has 0 rings (SSSR count). The first-order valence-electron chi connectivity index (χ1n) is 4.61. The Hall–Kier alpha value is -2.65. The van der Waals surface area contributed by atoms with Gasteiger partial charge in [0.05, 0.1) is 6.61 Å². The van der Waals surface area contributed by atoms with Crippen molar-refractivity contribution in [3.63, 3.8) is 0 Å². The van der Waals surface area contributed by atoms with Crippen molar-refractivity contribution in [2.45, 2.75) is 19.9 Å². The van der Waals surface area contributed by atoms with Crippen molar-refractivity contribution < 1.29 is 14.3 Å². The summed E-state index contributed by atoms with van der Waals surface area (Å²) in [4.78, 5) is 25.6. The molecule has 0 aromatic heterocycles. The maximum absolute atomic E-state index is 11.5. The highest BCUT2D eigenvalue weighted by atomic mass is 16.5. The van der Waals surface area contributed by atoms with Crippen molar-refractivity contribution in [3.8, 4) is 12.1 Å². The van der Waals surface area contributed by atoms with E-state index in [1.165, 1.54) is 0 Å². The van der Waals surface area contributed by atoms with E-state index in [9.17, 15) is 9.59 Å². The molecule has 0 bridgehead atoms. The largest absolute Gasteiger partial charge is 0.462 e. The number of rotatable bonds is 4. The fourth-order valence-corrected chi connectivity index (χ4v) is 1.06. The van der Waals surface area contributed by atoms with Crippen LogP contribution in [0.3, 0.4) is 0 Å². The summed E-state index contributed by atoms with van der Waals surface area (Å²) in [5.74, 6) is -1.69. The van der Waals surface area contributed by atoms with Gasteiger partial charge in [0, 0.05) is 0 Å². The summed E-state index contributed by atoms with van der Waals surface area (Å²) >= 11 is 0. The van der Waals surface area contributed by atoms with Gasteiger partial charge in [-0.05, 0) is 13.8 Å². The first-order valence-corrected chi connectivity index (χ1v) is 4.61. The molecule has 0 aromatic rings. The van der Waals surface area contributed by atoms with Crippen LogP contribution in [0.4, 0.5) is 0 Å². The lowest BCUT2D eigenvalue weighted by molar-refractivity contribution is -0.139. The van der Waals surface area contributed by atoms with Gasteiger partial charge < -0.3 is 4.74 Å². The van der Waals surface area contributed by atoms with Gasteiger partial charge in [-0.15, -0.1) is 0 Å². The monoisotopic (exact) mass is 231 g/mol. The second kappa shape index (κ2) is 6.76. The molecule has 0 amide bonds. The van der Waals surface area contributed by atoms with Gasteiger partial charge in [0.1, 0.15) is 17.2 Å². The molecule has 0 spiro atoms. The van der Waals surface area contributed by atoms with Crippen LogP contribution >= 0.6 is 0 Å². The van der Waals surface area contributed by atoms with Crippen LogP contribution in [0.5, 0.6) is 0 Å². The minimum absolute atomic E-state index is 0.0313. The Balaban J connectivity index is 5.78. The number of Topliss-reactive ketones (excluding diaryl/α,β-unsaturated/α-hetero) is 1. The number of nitriles is 2. The number of hydrogen-bond donors (Lipinski definition) is 0. The molecule has 0 fully saturated rings. The van der Waals surface area contributed by atoms with Crippen molar-refractivity contribution >= 4 is 11.8 Å². The zero-order valence-electron chi connectivity index (χ0n) is 9.35. The molecule has 86 valence electrons. The summed E-state index contributed by atoms with van der Waals surface area (Å²) in [6.45, 7) is 9.37. The first-order chi connectivity index (χ1) is 8.03. The number of nitrogens with zero attached hydrogens (tertiary/aromatic N) is 3. The van der Waals surface area contributed by atoms with E-state index in [1.54, 1.807) is 19.1 Å². The molecule has 0 N–H and O–H groups in total. The molecular formula is C11H9N3O3. The van der Waals surface area contributed by atoms with Gasteiger partial charge >= 0.3 is 12.0 Å². The lowest BCUT2D eigenvalue weighted by Gasteiger charge is -2.05. The Morgan fingerprint density at radius 3 is 2.35 bits per heavy atom. The van der Waals surface area contributed by atoms with Crippen molar-refractivity contribution in [2.75, 3.05) is 6.61 Å². The Bertz CT molecular complexity index is 472. The highest BCUT2D eigenvalue weighted by molar-refractivity contribution is 6.17. The van der Waals surface area contributed by atoms with E-state index in [0.29, 0.717) is 0 Å². The number of ketones is 1. The Morgan fingerprint density at radius 1 is 1.47 bits per heavy atom. The summed E-state index contributed by atoms with van der Waals surface area (Å²) in [5.41, 5.74) is -0.995. The van der Waals surface area contributed by atoms with Crippen molar-refractivity contribution in [1.29, 1.82) is 10.5 Å². The van der Waals surface area contributed by atoms with Gasteiger partial charge in [-0.1, -0.05) is 0 Å².